The largest absolute Gasteiger partial charge is 0.327 e. The number of hydrogen-bond acceptors (Lipinski definition) is 2. The van der Waals surface area contributed by atoms with E-state index in [2.05, 4.69) is 13.8 Å². The van der Waals surface area contributed by atoms with Crippen LogP contribution in [0.5, 0.6) is 0 Å². The molecule has 2 nitrogen and oxygen atoms in total. The molecule has 84 valence electrons. The van der Waals surface area contributed by atoms with Gasteiger partial charge in [0.2, 0.25) is 0 Å². The van der Waals surface area contributed by atoms with Crippen LogP contribution >= 0.6 is 0 Å². The summed E-state index contributed by atoms with van der Waals surface area (Å²) in [4.78, 5) is 0. The van der Waals surface area contributed by atoms with Crippen LogP contribution in [0.2, 0.25) is 0 Å². The highest BCUT2D eigenvalue weighted by Gasteiger charge is 2.28. The smallest absolute Gasteiger partial charge is 0.0386 e. The molecule has 2 N–H and O–H groups in total. The molecule has 0 aromatic rings. The lowest BCUT2D eigenvalue weighted by molar-refractivity contribution is 0.281. The molecule has 0 bridgehead atoms. The fraction of sp³-hybridized carbons (Fsp3) is 1.00. The zero-order valence-electron chi connectivity index (χ0n) is 9.53. The molecule has 0 aromatic heterocycles. The number of rotatable bonds is 3. The standard InChI is InChI=1S/C11H23NOS/c1-8-4-5-11(6-9(8)2)14(13)7-10(3)12/h8-11H,4-7,12H2,1-3H3. The summed E-state index contributed by atoms with van der Waals surface area (Å²) in [6.07, 6.45) is 3.49. The molecule has 0 radical (unpaired) electrons. The van der Waals surface area contributed by atoms with Crippen LogP contribution in [0.3, 0.4) is 0 Å². The molecule has 0 saturated heterocycles. The molecule has 1 fully saturated rings. The molecule has 1 rings (SSSR count). The monoisotopic (exact) mass is 217 g/mol. The van der Waals surface area contributed by atoms with Gasteiger partial charge in [-0.2, -0.15) is 0 Å². The van der Waals surface area contributed by atoms with E-state index in [1.54, 1.807) is 0 Å². The molecule has 14 heavy (non-hydrogen) atoms. The van der Waals surface area contributed by atoms with Gasteiger partial charge in [0.15, 0.2) is 0 Å². The average molecular weight is 217 g/mol. The molecule has 3 heteroatoms. The molecular formula is C11H23NOS. The molecule has 5 atom stereocenters. The van der Waals surface area contributed by atoms with Crippen molar-refractivity contribution in [2.75, 3.05) is 5.75 Å². The van der Waals surface area contributed by atoms with Gasteiger partial charge in [0.05, 0.1) is 0 Å². The predicted octanol–water partition coefficient (Wildman–Crippen LogP) is 1.91. The molecule has 1 saturated carbocycles. The highest BCUT2D eigenvalue weighted by Crippen LogP contribution is 2.31. The van der Waals surface area contributed by atoms with Crippen molar-refractivity contribution < 1.29 is 4.21 Å². The Bertz CT molecular complexity index is 205. The Balaban J connectivity index is 2.42. The van der Waals surface area contributed by atoms with E-state index >= 15 is 0 Å². The summed E-state index contributed by atoms with van der Waals surface area (Å²) in [5.41, 5.74) is 5.67. The van der Waals surface area contributed by atoms with Crippen molar-refractivity contribution in [1.29, 1.82) is 0 Å². The molecule has 1 aliphatic rings. The molecule has 1 aliphatic carbocycles. The van der Waals surface area contributed by atoms with Crippen LogP contribution in [0.4, 0.5) is 0 Å². The molecule has 0 amide bonds. The third-order valence-corrected chi connectivity index (χ3v) is 5.38. The van der Waals surface area contributed by atoms with Crippen molar-refractivity contribution in [1.82, 2.24) is 0 Å². The molecule has 0 heterocycles. The van der Waals surface area contributed by atoms with E-state index in [-0.39, 0.29) is 6.04 Å². The second-order valence-electron chi connectivity index (χ2n) is 4.91. The molecule has 0 spiro atoms. The van der Waals surface area contributed by atoms with Crippen molar-refractivity contribution in [3.05, 3.63) is 0 Å². The van der Waals surface area contributed by atoms with Gasteiger partial charge in [0, 0.05) is 27.8 Å². The van der Waals surface area contributed by atoms with Crippen molar-refractivity contribution in [3.63, 3.8) is 0 Å². The lowest BCUT2D eigenvalue weighted by Gasteiger charge is -2.31. The highest BCUT2D eigenvalue weighted by molar-refractivity contribution is 7.85. The van der Waals surface area contributed by atoms with Crippen LogP contribution in [-0.2, 0) is 10.8 Å². The van der Waals surface area contributed by atoms with Gasteiger partial charge in [-0.25, -0.2) is 0 Å². The summed E-state index contributed by atoms with van der Waals surface area (Å²) in [6, 6.07) is 0.0745. The fourth-order valence-electron chi connectivity index (χ4n) is 2.13. The first-order valence-electron chi connectivity index (χ1n) is 5.63. The number of nitrogens with two attached hydrogens (primary N) is 1. The van der Waals surface area contributed by atoms with Crippen molar-refractivity contribution in [2.24, 2.45) is 17.6 Å². The Labute approximate surface area is 90.1 Å². The summed E-state index contributed by atoms with van der Waals surface area (Å²) in [5, 5.41) is 0.409. The maximum atomic E-state index is 11.9. The van der Waals surface area contributed by atoms with Crippen LogP contribution in [0.1, 0.15) is 40.0 Å². The van der Waals surface area contributed by atoms with Crippen LogP contribution in [0.15, 0.2) is 0 Å². The van der Waals surface area contributed by atoms with Gasteiger partial charge in [-0.15, -0.1) is 0 Å². The van der Waals surface area contributed by atoms with Crippen molar-refractivity contribution in [2.45, 2.75) is 51.3 Å². The fourth-order valence-corrected chi connectivity index (χ4v) is 3.84. The van der Waals surface area contributed by atoms with Crippen molar-refractivity contribution >= 4 is 10.8 Å². The first kappa shape index (κ1) is 12.2. The Morgan fingerprint density at radius 2 is 2.00 bits per heavy atom. The summed E-state index contributed by atoms with van der Waals surface area (Å²) >= 11 is 0. The Hall–Kier alpha value is 0.110. The SMILES string of the molecule is CC(N)CS(=O)C1CCC(C)C(C)C1. The summed E-state index contributed by atoms with van der Waals surface area (Å²) < 4.78 is 11.9. The highest BCUT2D eigenvalue weighted by atomic mass is 32.2. The van der Waals surface area contributed by atoms with Gasteiger partial charge in [-0.1, -0.05) is 13.8 Å². The third kappa shape index (κ3) is 3.35. The van der Waals surface area contributed by atoms with Crippen LogP contribution < -0.4 is 5.73 Å². The molecule has 0 aliphatic heterocycles. The minimum atomic E-state index is -0.697. The lowest BCUT2D eigenvalue weighted by atomic mass is 9.81. The first-order valence-corrected chi connectivity index (χ1v) is 7.01. The molecule has 0 aromatic carbocycles. The van der Waals surface area contributed by atoms with Gasteiger partial charge < -0.3 is 5.73 Å². The van der Waals surface area contributed by atoms with E-state index in [4.69, 9.17) is 5.73 Å². The van der Waals surface area contributed by atoms with Crippen molar-refractivity contribution in [3.8, 4) is 0 Å². The van der Waals surface area contributed by atoms with Gasteiger partial charge in [0.1, 0.15) is 0 Å². The van der Waals surface area contributed by atoms with Crippen LogP contribution in [-0.4, -0.2) is 21.3 Å². The molecule has 5 unspecified atom stereocenters. The Morgan fingerprint density at radius 3 is 2.50 bits per heavy atom. The Kier molecular flexibility index (Phi) is 4.58. The Morgan fingerprint density at radius 1 is 1.36 bits per heavy atom. The maximum absolute atomic E-state index is 11.9. The normalized spacial score (nSPS) is 37.9. The number of hydrogen-bond donors (Lipinski definition) is 1. The second kappa shape index (κ2) is 5.26. The van der Waals surface area contributed by atoms with E-state index in [9.17, 15) is 4.21 Å². The predicted molar refractivity (Wildman–Crippen MR) is 62.6 cm³/mol. The minimum Gasteiger partial charge on any atom is -0.327 e. The zero-order chi connectivity index (χ0) is 10.7. The first-order chi connectivity index (χ1) is 6.50. The van der Waals surface area contributed by atoms with E-state index in [0.29, 0.717) is 11.0 Å². The van der Waals surface area contributed by atoms with Gasteiger partial charge >= 0.3 is 0 Å². The van der Waals surface area contributed by atoms with E-state index in [1.165, 1.54) is 6.42 Å². The van der Waals surface area contributed by atoms with Gasteiger partial charge in [0.25, 0.3) is 0 Å². The zero-order valence-corrected chi connectivity index (χ0v) is 10.3. The summed E-state index contributed by atoms with van der Waals surface area (Å²) in [7, 11) is -0.697. The minimum absolute atomic E-state index is 0.0745. The van der Waals surface area contributed by atoms with E-state index in [1.807, 2.05) is 6.92 Å². The van der Waals surface area contributed by atoms with Gasteiger partial charge in [-0.05, 0) is 38.0 Å². The van der Waals surface area contributed by atoms with Crippen LogP contribution in [0, 0.1) is 11.8 Å². The quantitative estimate of drug-likeness (QED) is 0.784. The van der Waals surface area contributed by atoms with E-state index < -0.39 is 10.8 Å². The average Bonchev–Trinajstić information content (AvgIpc) is 2.08. The summed E-state index contributed by atoms with van der Waals surface area (Å²) in [5.74, 6) is 2.20. The van der Waals surface area contributed by atoms with Crippen LogP contribution in [0.25, 0.3) is 0 Å². The second-order valence-corrected chi connectivity index (χ2v) is 6.68. The topological polar surface area (TPSA) is 43.1 Å². The molecular weight excluding hydrogens is 194 g/mol. The lowest BCUT2D eigenvalue weighted by Crippen LogP contribution is -2.33. The maximum Gasteiger partial charge on any atom is 0.0386 e. The van der Waals surface area contributed by atoms with Gasteiger partial charge in [-0.3, -0.25) is 4.21 Å². The summed E-state index contributed by atoms with van der Waals surface area (Å²) in [6.45, 7) is 6.52. The third-order valence-electron chi connectivity index (χ3n) is 3.35. The van der Waals surface area contributed by atoms with E-state index in [0.717, 1.165) is 24.7 Å².